The van der Waals surface area contributed by atoms with Crippen LogP contribution < -0.4 is 10.6 Å². The Balaban J connectivity index is 2.42. The highest BCUT2D eigenvalue weighted by molar-refractivity contribution is 6.35. The molecule has 0 saturated heterocycles. The van der Waals surface area contributed by atoms with Crippen molar-refractivity contribution in [1.29, 1.82) is 0 Å². The van der Waals surface area contributed by atoms with Crippen LogP contribution in [0.2, 0.25) is 5.02 Å². The highest BCUT2D eigenvalue weighted by atomic mass is 35.5. The summed E-state index contributed by atoms with van der Waals surface area (Å²) in [7, 11) is 0. The molecule has 1 heterocycles. The Morgan fingerprint density at radius 1 is 1.18 bits per heavy atom. The SMILES string of the molecule is NC(=O)c1ccc(N2C(=O)C=CC2=O)cc1Cl. The first kappa shape index (κ1) is 11.3. The monoisotopic (exact) mass is 250 g/mol. The lowest BCUT2D eigenvalue weighted by Gasteiger charge is -2.14. The Morgan fingerprint density at radius 3 is 2.24 bits per heavy atom. The van der Waals surface area contributed by atoms with Gasteiger partial charge in [0.05, 0.1) is 16.3 Å². The summed E-state index contributed by atoms with van der Waals surface area (Å²) in [5.41, 5.74) is 5.54. The molecule has 0 fully saturated rings. The number of benzene rings is 1. The minimum atomic E-state index is -0.668. The summed E-state index contributed by atoms with van der Waals surface area (Å²) in [4.78, 5) is 34.7. The van der Waals surface area contributed by atoms with Gasteiger partial charge in [-0.25, -0.2) is 4.90 Å². The van der Waals surface area contributed by atoms with Crippen LogP contribution in [0, 0.1) is 0 Å². The van der Waals surface area contributed by atoms with Gasteiger partial charge in [0.25, 0.3) is 11.8 Å². The molecule has 17 heavy (non-hydrogen) atoms. The van der Waals surface area contributed by atoms with Crippen LogP contribution >= 0.6 is 11.6 Å². The van der Waals surface area contributed by atoms with Gasteiger partial charge < -0.3 is 5.73 Å². The van der Waals surface area contributed by atoms with E-state index >= 15 is 0 Å². The minimum Gasteiger partial charge on any atom is -0.366 e. The average molecular weight is 251 g/mol. The molecule has 1 aliphatic heterocycles. The van der Waals surface area contributed by atoms with E-state index in [1.807, 2.05) is 0 Å². The van der Waals surface area contributed by atoms with Gasteiger partial charge in [-0.1, -0.05) is 11.6 Å². The highest BCUT2D eigenvalue weighted by Gasteiger charge is 2.25. The van der Waals surface area contributed by atoms with Crippen LogP contribution in [0.5, 0.6) is 0 Å². The molecule has 0 spiro atoms. The van der Waals surface area contributed by atoms with Crippen molar-refractivity contribution in [2.24, 2.45) is 5.73 Å². The van der Waals surface area contributed by atoms with Crippen molar-refractivity contribution in [2.45, 2.75) is 0 Å². The highest BCUT2D eigenvalue weighted by Crippen LogP contribution is 2.25. The quantitative estimate of drug-likeness (QED) is 0.791. The first-order valence-corrected chi connectivity index (χ1v) is 5.04. The van der Waals surface area contributed by atoms with Crippen molar-refractivity contribution >= 4 is 35.0 Å². The third-order valence-electron chi connectivity index (χ3n) is 2.29. The lowest BCUT2D eigenvalue weighted by atomic mass is 10.2. The molecule has 2 N–H and O–H groups in total. The Morgan fingerprint density at radius 2 is 1.76 bits per heavy atom. The molecule has 0 saturated carbocycles. The van der Waals surface area contributed by atoms with Gasteiger partial charge in [-0.15, -0.1) is 0 Å². The largest absolute Gasteiger partial charge is 0.366 e. The van der Waals surface area contributed by atoms with Gasteiger partial charge in [0, 0.05) is 12.2 Å². The maximum absolute atomic E-state index is 11.4. The number of hydrogen-bond donors (Lipinski definition) is 1. The van der Waals surface area contributed by atoms with E-state index in [2.05, 4.69) is 0 Å². The molecule has 5 nitrogen and oxygen atoms in total. The Labute approximate surface area is 101 Å². The zero-order valence-electron chi connectivity index (χ0n) is 8.51. The third kappa shape index (κ3) is 1.92. The number of hydrogen-bond acceptors (Lipinski definition) is 3. The second-order valence-electron chi connectivity index (χ2n) is 3.37. The molecule has 1 aromatic rings. The maximum Gasteiger partial charge on any atom is 0.258 e. The molecule has 0 radical (unpaired) electrons. The molecule has 0 bridgehead atoms. The number of rotatable bonds is 2. The number of carbonyl (C=O) groups is 3. The van der Waals surface area contributed by atoms with Gasteiger partial charge in [0.2, 0.25) is 5.91 Å². The number of halogens is 1. The normalized spacial score (nSPS) is 14.5. The molecule has 0 atom stereocenters. The van der Waals surface area contributed by atoms with E-state index in [0.717, 1.165) is 17.1 Å². The van der Waals surface area contributed by atoms with Crippen molar-refractivity contribution in [1.82, 2.24) is 0 Å². The predicted molar refractivity (Wildman–Crippen MR) is 61.6 cm³/mol. The number of nitrogens with two attached hydrogens (primary N) is 1. The molecule has 0 aliphatic carbocycles. The molecule has 2 rings (SSSR count). The van der Waals surface area contributed by atoms with E-state index in [1.165, 1.54) is 18.2 Å². The molecule has 1 aliphatic rings. The van der Waals surface area contributed by atoms with Crippen LogP contribution in [0.25, 0.3) is 0 Å². The summed E-state index contributed by atoms with van der Waals surface area (Å²) in [6.45, 7) is 0. The van der Waals surface area contributed by atoms with Crippen molar-refractivity contribution in [3.8, 4) is 0 Å². The van der Waals surface area contributed by atoms with E-state index in [0.29, 0.717) is 5.69 Å². The van der Waals surface area contributed by atoms with Crippen molar-refractivity contribution in [3.05, 3.63) is 40.9 Å². The van der Waals surface area contributed by atoms with E-state index in [9.17, 15) is 14.4 Å². The smallest absolute Gasteiger partial charge is 0.258 e. The summed E-state index contributed by atoms with van der Waals surface area (Å²) in [6.07, 6.45) is 2.33. The number of carbonyl (C=O) groups excluding carboxylic acids is 3. The molecule has 1 aromatic carbocycles. The lowest BCUT2D eigenvalue weighted by Crippen LogP contribution is -2.29. The van der Waals surface area contributed by atoms with Gasteiger partial charge in [0.15, 0.2) is 0 Å². The Hall–Kier alpha value is -2.14. The fourth-order valence-electron chi connectivity index (χ4n) is 1.50. The zero-order valence-corrected chi connectivity index (χ0v) is 9.27. The first-order chi connectivity index (χ1) is 8.00. The van der Waals surface area contributed by atoms with Crippen LogP contribution in [0.4, 0.5) is 5.69 Å². The number of amides is 3. The lowest BCUT2D eigenvalue weighted by molar-refractivity contribution is -0.119. The fraction of sp³-hybridized carbons (Fsp3) is 0. The Kier molecular flexibility index (Phi) is 2.69. The summed E-state index contributed by atoms with van der Waals surface area (Å²) in [5.74, 6) is -1.56. The van der Waals surface area contributed by atoms with Gasteiger partial charge >= 0.3 is 0 Å². The van der Waals surface area contributed by atoms with Crippen molar-refractivity contribution in [3.63, 3.8) is 0 Å². The fourth-order valence-corrected chi connectivity index (χ4v) is 1.77. The van der Waals surface area contributed by atoms with E-state index < -0.39 is 17.7 Å². The van der Waals surface area contributed by atoms with E-state index in [-0.39, 0.29) is 10.6 Å². The predicted octanol–water partition coefficient (Wildman–Crippen LogP) is 0.868. The molecule has 6 heteroatoms. The number of primary amides is 1. The topological polar surface area (TPSA) is 80.5 Å². The minimum absolute atomic E-state index is 0.0995. The summed E-state index contributed by atoms with van der Waals surface area (Å²) in [6, 6.07) is 4.16. The van der Waals surface area contributed by atoms with Gasteiger partial charge in [-0.2, -0.15) is 0 Å². The average Bonchev–Trinajstić information content (AvgIpc) is 2.58. The summed E-state index contributed by atoms with van der Waals surface area (Å²) < 4.78 is 0. The van der Waals surface area contributed by atoms with Gasteiger partial charge in [-0.3, -0.25) is 14.4 Å². The molecule has 3 amide bonds. The number of nitrogens with zero attached hydrogens (tertiary/aromatic N) is 1. The zero-order chi connectivity index (χ0) is 12.6. The summed E-state index contributed by atoms with van der Waals surface area (Å²) in [5, 5.41) is 0.0995. The van der Waals surface area contributed by atoms with Crippen LogP contribution in [0.3, 0.4) is 0 Å². The molecule has 0 unspecified atom stereocenters. The standard InChI is InChI=1S/C11H7ClN2O3/c12-8-5-6(1-2-7(8)11(13)17)14-9(15)3-4-10(14)16/h1-5H,(H2,13,17). The van der Waals surface area contributed by atoms with Crippen LogP contribution in [0.1, 0.15) is 10.4 Å². The number of imide groups is 1. The van der Waals surface area contributed by atoms with Crippen LogP contribution in [-0.2, 0) is 9.59 Å². The van der Waals surface area contributed by atoms with Crippen LogP contribution in [-0.4, -0.2) is 17.7 Å². The number of anilines is 1. The van der Waals surface area contributed by atoms with Crippen molar-refractivity contribution < 1.29 is 14.4 Å². The van der Waals surface area contributed by atoms with Crippen LogP contribution in [0.15, 0.2) is 30.4 Å². The second-order valence-corrected chi connectivity index (χ2v) is 3.78. The van der Waals surface area contributed by atoms with E-state index in [4.69, 9.17) is 17.3 Å². The molecular formula is C11H7ClN2O3. The second kappa shape index (κ2) is 4.03. The third-order valence-corrected chi connectivity index (χ3v) is 2.60. The van der Waals surface area contributed by atoms with Gasteiger partial charge in [-0.05, 0) is 18.2 Å². The molecule has 86 valence electrons. The molecule has 0 aromatic heterocycles. The summed E-state index contributed by atoms with van der Waals surface area (Å²) >= 11 is 5.83. The molecular weight excluding hydrogens is 244 g/mol. The Bertz CT molecular complexity index is 548. The maximum atomic E-state index is 11.4. The van der Waals surface area contributed by atoms with E-state index in [1.54, 1.807) is 0 Å². The van der Waals surface area contributed by atoms with Crippen molar-refractivity contribution in [2.75, 3.05) is 4.90 Å². The first-order valence-electron chi connectivity index (χ1n) is 4.66. The van der Waals surface area contributed by atoms with Gasteiger partial charge in [0.1, 0.15) is 0 Å².